The van der Waals surface area contributed by atoms with Crippen molar-refractivity contribution < 1.29 is 33.5 Å². The van der Waals surface area contributed by atoms with Gasteiger partial charge in [-0.3, -0.25) is 14.5 Å². The average Bonchev–Trinajstić information content (AvgIpc) is 3.11. The van der Waals surface area contributed by atoms with Gasteiger partial charge in [0.25, 0.3) is 5.91 Å². The van der Waals surface area contributed by atoms with E-state index in [4.69, 9.17) is 9.47 Å². The molecule has 47 heavy (non-hydrogen) atoms. The fraction of sp³-hybridized carbons (Fsp3) is 0.162. The summed E-state index contributed by atoms with van der Waals surface area (Å²) < 4.78 is 25.9. The Bertz CT molecular complexity index is 1760. The molecule has 4 aromatic rings. The van der Waals surface area contributed by atoms with Crippen molar-refractivity contribution in [1.82, 2.24) is 10.2 Å². The number of nitrogens with one attached hydrogen (secondary N) is 1. The van der Waals surface area contributed by atoms with Crippen LogP contribution in [0, 0.1) is 0 Å². The fourth-order valence-corrected chi connectivity index (χ4v) is 7.09. The third-order valence-electron chi connectivity index (χ3n) is 8.00. The number of hydrogen-bond donors (Lipinski definition) is 2. The molecule has 0 bridgehead atoms. The molecule has 1 fully saturated rings. The van der Waals surface area contributed by atoms with E-state index in [2.05, 4.69) is 11.9 Å². The zero-order valence-electron chi connectivity index (χ0n) is 25.3. The molecule has 4 aromatic carbocycles. The number of aliphatic hydroxyl groups is 1. The summed E-state index contributed by atoms with van der Waals surface area (Å²) in [5, 5.41) is 11.0. The SMILES string of the molecule is C=C1C(COc2ccc(CO)cc2)=C(C(=O)OC(c2ccccc2)c2ccccc2)N2C(=O)[C@@H](NC(=O)Cc3ccccc3)[C@H]2[S@@+]1[O-]. The highest BCUT2D eigenvalue weighted by Gasteiger charge is 2.62. The molecule has 3 atom stereocenters. The molecule has 2 amide bonds. The zero-order valence-corrected chi connectivity index (χ0v) is 26.1. The van der Waals surface area contributed by atoms with E-state index in [1.165, 1.54) is 0 Å². The first-order valence-electron chi connectivity index (χ1n) is 15.0. The Labute approximate surface area is 275 Å². The standard InChI is InChI=1S/C37H32N2O7S/c1-24-30(23-45-29-19-17-26(22-40)18-20-29)33(37(43)46-34(27-13-7-3-8-14-27)28-15-9-4-10-16-28)39-35(42)32(36(39)47(24)44)38-31(41)21-25-11-5-2-6-12-25/h2-20,32,34,36,40H,1,21-23H2,(H,38,41)/t32-,36-,47+/m1/s1. The predicted molar refractivity (Wildman–Crippen MR) is 176 cm³/mol. The number of fused-ring (bicyclic) bond motifs is 1. The van der Waals surface area contributed by atoms with Crippen molar-refractivity contribution in [3.8, 4) is 5.75 Å². The number of carbonyl (C=O) groups is 3. The highest BCUT2D eigenvalue weighted by Crippen LogP contribution is 2.43. The molecule has 0 spiro atoms. The molecule has 2 N–H and O–H groups in total. The molecular formula is C37H32N2O7S. The molecule has 2 heterocycles. The number of β-lactam (4-membered cyclic amide) rings is 1. The third kappa shape index (κ3) is 6.71. The largest absolute Gasteiger partial charge is 0.610 e. The molecule has 238 valence electrons. The van der Waals surface area contributed by atoms with E-state index in [9.17, 15) is 24.0 Å². The van der Waals surface area contributed by atoms with Gasteiger partial charge in [0.1, 0.15) is 18.1 Å². The first-order chi connectivity index (χ1) is 22.9. The number of nitrogens with zero attached hydrogens (tertiary/aromatic N) is 1. The maximum absolute atomic E-state index is 14.2. The van der Waals surface area contributed by atoms with Gasteiger partial charge in [-0.15, -0.1) is 0 Å². The number of benzene rings is 4. The van der Waals surface area contributed by atoms with Gasteiger partial charge in [0.05, 0.1) is 18.6 Å². The van der Waals surface area contributed by atoms with Crippen LogP contribution >= 0.6 is 0 Å². The summed E-state index contributed by atoms with van der Waals surface area (Å²) in [6, 6.07) is 33.0. The second-order valence-corrected chi connectivity index (χ2v) is 12.6. The van der Waals surface area contributed by atoms with Gasteiger partial charge >= 0.3 is 5.97 Å². The lowest BCUT2D eigenvalue weighted by Gasteiger charge is -2.49. The summed E-state index contributed by atoms with van der Waals surface area (Å²) in [5.41, 5.74) is 2.88. The summed E-state index contributed by atoms with van der Waals surface area (Å²) in [4.78, 5) is 42.1. The molecule has 0 unspecified atom stereocenters. The molecule has 2 aliphatic heterocycles. The number of rotatable bonds is 11. The lowest BCUT2D eigenvalue weighted by Crippen LogP contribution is -2.74. The maximum Gasteiger partial charge on any atom is 0.356 e. The van der Waals surface area contributed by atoms with Gasteiger partial charge in [-0.05, 0) is 41.0 Å². The Morgan fingerprint density at radius 3 is 2.02 bits per heavy atom. The van der Waals surface area contributed by atoms with E-state index in [0.717, 1.165) is 10.5 Å². The highest BCUT2D eigenvalue weighted by atomic mass is 32.2. The molecule has 10 heteroatoms. The summed E-state index contributed by atoms with van der Waals surface area (Å²) in [5.74, 6) is -1.42. The van der Waals surface area contributed by atoms with Crippen molar-refractivity contribution in [2.75, 3.05) is 6.61 Å². The van der Waals surface area contributed by atoms with E-state index < -0.39 is 46.5 Å². The smallest absolute Gasteiger partial charge is 0.356 e. The zero-order chi connectivity index (χ0) is 32.9. The minimum atomic E-state index is -1.88. The van der Waals surface area contributed by atoms with Crippen molar-refractivity contribution in [1.29, 1.82) is 0 Å². The van der Waals surface area contributed by atoms with Crippen molar-refractivity contribution in [2.24, 2.45) is 0 Å². The summed E-state index contributed by atoms with van der Waals surface area (Å²) >= 11 is -1.88. The number of amides is 2. The van der Waals surface area contributed by atoms with Gasteiger partial charge in [-0.2, -0.15) is 0 Å². The minimum Gasteiger partial charge on any atom is -0.610 e. The molecule has 2 aliphatic rings. The summed E-state index contributed by atoms with van der Waals surface area (Å²) in [6.45, 7) is 3.66. The molecular weight excluding hydrogens is 616 g/mol. The molecule has 1 saturated heterocycles. The maximum atomic E-state index is 14.2. The van der Waals surface area contributed by atoms with Gasteiger partial charge in [0.2, 0.25) is 11.3 Å². The van der Waals surface area contributed by atoms with Crippen LogP contribution in [0.4, 0.5) is 0 Å². The third-order valence-corrected chi connectivity index (χ3v) is 9.66. The van der Waals surface area contributed by atoms with Gasteiger partial charge in [-0.25, -0.2) is 4.79 Å². The van der Waals surface area contributed by atoms with E-state index >= 15 is 0 Å². The van der Waals surface area contributed by atoms with Crippen molar-refractivity contribution in [3.05, 3.63) is 160 Å². The summed E-state index contributed by atoms with van der Waals surface area (Å²) in [7, 11) is 0. The first-order valence-corrected chi connectivity index (χ1v) is 16.2. The Balaban J connectivity index is 1.33. The van der Waals surface area contributed by atoms with E-state index in [0.29, 0.717) is 22.4 Å². The van der Waals surface area contributed by atoms with Crippen LogP contribution < -0.4 is 10.1 Å². The number of aliphatic hydroxyl groups excluding tert-OH is 1. The Kier molecular flexibility index (Phi) is 9.53. The first kappa shape index (κ1) is 31.8. The molecule has 0 aromatic heterocycles. The van der Waals surface area contributed by atoms with Gasteiger partial charge in [0.15, 0.2) is 17.1 Å². The second kappa shape index (κ2) is 14.1. The quantitative estimate of drug-likeness (QED) is 0.141. The molecule has 6 rings (SSSR count). The number of esters is 1. The molecule has 0 aliphatic carbocycles. The van der Waals surface area contributed by atoms with E-state index in [-0.39, 0.29) is 35.8 Å². The summed E-state index contributed by atoms with van der Waals surface area (Å²) in [6.07, 6.45) is -0.790. The van der Waals surface area contributed by atoms with Crippen molar-refractivity contribution in [3.63, 3.8) is 0 Å². The minimum absolute atomic E-state index is 0.0274. The van der Waals surface area contributed by atoms with Gasteiger partial charge in [0, 0.05) is 11.2 Å². The average molecular weight is 649 g/mol. The fourth-order valence-electron chi connectivity index (χ4n) is 5.57. The van der Waals surface area contributed by atoms with Crippen molar-refractivity contribution >= 4 is 29.0 Å². The topological polar surface area (TPSA) is 128 Å². The van der Waals surface area contributed by atoms with Crippen LogP contribution in [0.25, 0.3) is 0 Å². The van der Waals surface area contributed by atoms with Gasteiger partial charge in [-0.1, -0.05) is 103 Å². The molecule has 0 radical (unpaired) electrons. The Morgan fingerprint density at radius 1 is 0.872 bits per heavy atom. The highest BCUT2D eigenvalue weighted by molar-refractivity contribution is 7.96. The number of carbonyl (C=O) groups excluding carboxylic acids is 3. The van der Waals surface area contributed by atoms with Crippen LogP contribution in [-0.4, -0.2) is 50.4 Å². The van der Waals surface area contributed by atoms with Crippen LogP contribution in [0.1, 0.15) is 28.4 Å². The number of hydrogen-bond acceptors (Lipinski definition) is 7. The second-order valence-electron chi connectivity index (χ2n) is 11.1. The normalized spacial score (nSPS) is 18.8. The van der Waals surface area contributed by atoms with E-state index in [1.54, 1.807) is 36.4 Å². The van der Waals surface area contributed by atoms with Crippen LogP contribution in [-0.2, 0) is 43.3 Å². The predicted octanol–water partition coefficient (Wildman–Crippen LogP) is 4.32. The monoisotopic (exact) mass is 648 g/mol. The molecule has 0 saturated carbocycles. The van der Waals surface area contributed by atoms with Crippen LogP contribution in [0.3, 0.4) is 0 Å². The Morgan fingerprint density at radius 2 is 1.45 bits per heavy atom. The van der Waals surface area contributed by atoms with Crippen LogP contribution in [0.5, 0.6) is 5.75 Å². The van der Waals surface area contributed by atoms with Crippen molar-refractivity contribution in [2.45, 2.75) is 30.5 Å². The van der Waals surface area contributed by atoms with Crippen LogP contribution in [0.15, 0.2) is 138 Å². The number of ether oxygens (including phenoxy) is 2. The Hall–Kier alpha value is -5.16. The van der Waals surface area contributed by atoms with E-state index in [1.807, 2.05) is 78.9 Å². The molecule has 9 nitrogen and oxygen atoms in total. The lowest BCUT2D eigenvalue weighted by atomic mass is 10.00. The van der Waals surface area contributed by atoms with Crippen LogP contribution in [0.2, 0.25) is 0 Å². The van der Waals surface area contributed by atoms with Gasteiger partial charge < -0.3 is 24.4 Å². The lowest BCUT2D eigenvalue weighted by molar-refractivity contribution is -0.155.